The van der Waals surface area contributed by atoms with Gasteiger partial charge in [-0.1, -0.05) is 35.5 Å². The van der Waals surface area contributed by atoms with Crippen LogP contribution in [0.4, 0.5) is 5.69 Å². The Balaban J connectivity index is 2.03. The average molecular weight is 426 g/mol. The Kier molecular flexibility index (Phi) is 6.84. The first-order valence-corrected chi connectivity index (χ1v) is 10.2. The van der Waals surface area contributed by atoms with Crippen LogP contribution in [0.3, 0.4) is 0 Å². The van der Waals surface area contributed by atoms with Crippen molar-refractivity contribution in [3.8, 4) is 11.5 Å². The zero-order valence-electron chi connectivity index (χ0n) is 17.3. The molecule has 2 aromatic rings. The van der Waals surface area contributed by atoms with Crippen LogP contribution in [0.15, 0.2) is 63.7 Å². The zero-order chi connectivity index (χ0) is 21.7. The van der Waals surface area contributed by atoms with Gasteiger partial charge in [-0.2, -0.15) is 0 Å². The number of aliphatic hydroxyl groups excluding tert-OH is 1. The number of carbonyl (C=O) groups is 1. The molecule has 0 atom stereocenters. The largest absolute Gasteiger partial charge is 0.506 e. The molecule has 0 saturated carbocycles. The van der Waals surface area contributed by atoms with E-state index < -0.39 is 5.97 Å². The van der Waals surface area contributed by atoms with Crippen molar-refractivity contribution in [2.24, 2.45) is 4.99 Å². The van der Waals surface area contributed by atoms with Gasteiger partial charge >= 0.3 is 5.97 Å². The molecule has 0 unspecified atom stereocenters. The maximum Gasteiger partial charge on any atom is 0.344 e. The molecule has 0 radical (unpaired) electrons. The minimum atomic E-state index is -0.607. The normalized spacial score (nSPS) is 16.3. The highest BCUT2D eigenvalue weighted by Gasteiger charge is 2.33. The first kappa shape index (κ1) is 21.5. The molecule has 0 amide bonds. The van der Waals surface area contributed by atoms with Gasteiger partial charge in [-0.25, -0.2) is 9.79 Å². The molecule has 0 bridgehead atoms. The van der Waals surface area contributed by atoms with E-state index in [1.807, 2.05) is 37.3 Å². The highest BCUT2D eigenvalue weighted by molar-refractivity contribution is 8.18. The van der Waals surface area contributed by atoms with E-state index in [0.717, 1.165) is 11.1 Å². The first-order chi connectivity index (χ1) is 14.5. The second-order valence-corrected chi connectivity index (χ2v) is 7.45. The molecule has 1 N–H and O–H groups in total. The highest BCUT2D eigenvalue weighted by Crippen LogP contribution is 2.41. The lowest BCUT2D eigenvalue weighted by Gasteiger charge is -2.08. The van der Waals surface area contributed by atoms with Crippen molar-refractivity contribution < 1.29 is 24.1 Å². The highest BCUT2D eigenvalue weighted by atomic mass is 32.2. The zero-order valence-corrected chi connectivity index (χ0v) is 18.1. The van der Waals surface area contributed by atoms with Gasteiger partial charge in [0.1, 0.15) is 16.4 Å². The SMILES string of the molecule is CCOC(=O)C1=C(O)C(=Cc2ccc(OC)c(OC)c2)SC1=Nc1ccc(C)cc1. The lowest BCUT2D eigenvalue weighted by atomic mass is 10.1. The van der Waals surface area contributed by atoms with Crippen LogP contribution in [-0.4, -0.2) is 36.9 Å². The van der Waals surface area contributed by atoms with E-state index in [-0.39, 0.29) is 17.9 Å². The predicted molar refractivity (Wildman–Crippen MR) is 120 cm³/mol. The number of nitrogens with zero attached hydrogens (tertiary/aromatic N) is 1. The van der Waals surface area contributed by atoms with Crippen LogP contribution in [0.25, 0.3) is 6.08 Å². The van der Waals surface area contributed by atoms with E-state index >= 15 is 0 Å². The van der Waals surface area contributed by atoms with Crippen LogP contribution in [0.5, 0.6) is 11.5 Å². The third kappa shape index (κ3) is 4.68. The summed E-state index contributed by atoms with van der Waals surface area (Å²) in [5.74, 6) is 0.410. The summed E-state index contributed by atoms with van der Waals surface area (Å²) < 4.78 is 15.7. The van der Waals surface area contributed by atoms with Crippen LogP contribution in [0, 0.1) is 6.92 Å². The van der Waals surface area contributed by atoms with E-state index in [1.165, 1.54) is 11.8 Å². The Morgan fingerprint density at radius 2 is 1.80 bits per heavy atom. The molecule has 1 heterocycles. The molecule has 1 aliphatic heterocycles. The molecule has 0 aromatic heterocycles. The number of aliphatic hydroxyl groups is 1. The second-order valence-electron chi connectivity index (χ2n) is 6.42. The summed E-state index contributed by atoms with van der Waals surface area (Å²) in [6, 6.07) is 13.0. The molecule has 3 rings (SSSR count). The van der Waals surface area contributed by atoms with Crippen molar-refractivity contribution >= 4 is 34.5 Å². The van der Waals surface area contributed by atoms with E-state index in [9.17, 15) is 9.90 Å². The van der Waals surface area contributed by atoms with Crippen molar-refractivity contribution in [1.82, 2.24) is 0 Å². The van der Waals surface area contributed by atoms with Gasteiger partial charge in [-0.15, -0.1) is 0 Å². The number of hydrogen-bond acceptors (Lipinski definition) is 7. The molecule has 0 fully saturated rings. The summed E-state index contributed by atoms with van der Waals surface area (Å²) in [5, 5.41) is 11.2. The summed E-state index contributed by atoms with van der Waals surface area (Å²) in [4.78, 5) is 17.6. The topological polar surface area (TPSA) is 77.4 Å². The van der Waals surface area contributed by atoms with Crippen LogP contribution >= 0.6 is 11.8 Å². The molecular weight excluding hydrogens is 402 g/mol. The summed E-state index contributed by atoms with van der Waals surface area (Å²) in [5.41, 5.74) is 2.64. The number of thioether (sulfide) groups is 1. The van der Waals surface area contributed by atoms with Crippen LogP contribution < -0.4 is 9.47 Å². The number of aryl methyl sites for hydroxylation is 1. The third-order valence-corrected chi connectivity index (χ3v) is 5.36. The number of hydrogen-bond donors (Lipinski definition) is 1. The van der Waals surface area contributed by atoms with Crippen LogP contribution in [0.2, 0.25) is 0 Å². The summed E-state index contributed by atoms with van der Waals surface area (Å²) in [6.45, 7) is 3.91. The molecule has 0 spiro atoms. The Morgan fingerprint density at radius 3 is 2.43 bits per heavy atom. The molecule has 2 aromatic carbocycles. The standard InChI is InChI=1S/C23H23NO5S/c1-5-29-23(26)20-21(25)19(13-15-8-11-17(27-3)18(12-15)28-4)30-22(20)24-16-9-6-14(2)7-10-16/h6-13,25H,5H2,1-4H3. The van der Waals surface area contributed by atoms with Crippen LogP contribution in [0.1, 0.15) is 18.1 Å². The molecule has 1 aliphatic rings. The molecule has 0 saturated heterocycles. The quantitative estimate of drug-likeness (QED) is 0.641. The van der Waals surface area contributed by atoms with E-state index in [2.05, 4.69) is 4.99 Å². The number of methoxy groups -OCH3 is 2. The van der Waals surface area contributed by atoms with E-state index in [1.54, 1.807) is 39.4 Å². The minimum Gasteiger partial charge on any atom is -0.506 e. The molecule has 0 aliphatic carbocycles. The van der Waals surface area contributed by atoms with Crippen LogP contribution in [-0.2, 0) is 9.53 Å². The van der Waals surface area contributed by atoms with Gasteiger partial charge in [0.15, 0.2) is 11.5 Å². The van der Waals surface area contributed by atoms with Gasteiger partial charge in [0.25, 0.3) is 0 Å². The number of ether oxygens (including phenoxy) is 3. The molecular formula is C23H23NO5S. The average Bonchev–Trinajstić information content (AvgIpc) is 3.04. The third-order valence-electron chi connectivity index (χ3n) is 4.34. The number of rotatable bonds is 6. The molecule has 7 heteroatoms. The lowest BCUT2D eigenvalue weighted by Crippen LogP contribution is -2.12. The van der Waals surface area contributed by atoms with Crippen molar-refractivity contribution in [3.05, 3.63) is 69.8 Å². The van der Waals surface area contributed by atoms with Gasteiger partial charge in [0.2, 0.25) is 0 Å². The fraction of sp³-hybridized carbons (Fsp3) is 0.217. The summed E-state index contributed by atoms with van der Waals surface area (Å²) in [6.07, 6.45) is 1.76. The monoisotopic (exact) mass is 425 g/mol. The van der Waals surface area contributed by atoms with Crippen molar-refractivity contribution in [3.63, 3.8) is 0 Å². The molecule has 30 heavy (non-hydrogen) atoms. The van der Waals surface area contributed by atoms with Crippen molar-refractivity contribution in [2.45, 2.75) is 13.8 Å². The number of benzene rings is 2. The Morgan fingerprint density at radius 1 is 1.10 bits per heavy atom. The van der Waals surface area contributed by atoms with Gasteiger partial charge in [-0.3, -0.25) is 0 Å². The lowest BCUT2D eigenvalue weighted by molar-refractivity contribution is -0.138. The summed E-state index contributed by atoms with van der Waals surface area (Å²) in [7, 11) is 3.12. The Bertz CT molecular complexity index is 1040. The minimum absolute atomic E-state index is 0.0640. The number of esters is 1. The fourth-order valence-electron chi connectivity index (χ4n) is 2.82. The fourth-order valence-corrected chi connectivity index (χ4v) is 3.86. The number of aliphatic imine (C=N–C) groups is 1. The Labute approximate surface area is 179 Å². The van der Waals surface area contributed by atoms with Crippen molar-refractivity contribution in [1.29, 1.82) is 0 Å². The molecule has 6 nitrogen and oxygen atoms in total. The van der Waals surface area contributed by atoms with Crippen molar-refractivity contribution in [2.75, 3.05) is 20.8 Å². The van der Waals surface area contributed by atoms with Gasteiger partial charge < -0.3 is 19.3 Å². The van der Waals surface area contributed by atoms with E-state index in [4.69, 9.17) is 14.2 Å². The maximum absolute atomic E-state index is 12.5. The molecule has 156 valence electrons. The van der Waals surface area contributed by atoms with Gasteiger partial charge in [0.05, 0.1) is 31.4 Å². The summed E-state index contributed by atoms with van der Waals surface area (Å²) >= 11 is 1.21. The van der Waals surface area contributed by atoms with E-state index in [0.29, 0.717) is 27.1 Å². The predicted octanol–water partition coefficient (Wildman–Crippen LogP) is 5.21. The van der Waals surface area contributed by atoms with Gasteiger partial charge in [0, 0.05) is 0 Å². The Hall–Kier alpha value is -3.19. The second kappa shape index (κ2) is 9.54. The number of carbonyl (C=O) groups excluding carboxylic acids is 1. The maximum atomic E-state index is 12.5. The smallest absolute Gasteiger partial charge is 0.344 e. The van der Waals surface area contributed by atoms with Gasteiger partial charge in [-0.05, 0) is 49.8 Å². The first-order valence-electron chi connectivity index (χ1n) is 9.34.